The van der Waals surface area contributed by atoms with Crippen molar-refractivity contribution in [2.75, 3.05) is 19.6 Å². The molecule has 0 saturated carbocycles. The standard InChI is InChI=1S/C15H32N2/c1-2-3-4-5-6-7-8-9-12-17-13-10-11-15(17)14-16/h15H,2-14,16H2,1H3. The second-order valence-electron chi connectivity index (χ2n) is 5.54. The van der Waals surface area contributed by atoms with Crippen LogP contribution in [0.25, 0.3) is 0 Å². The largest absolute Gasteiger partial charge is 0.329 e. The molecule has 0 aromatic rings. The number of hydrogen-bond acceptors (Lipinski definition) is 2. The van der Waals surface area contributed by atoms with Crippen molar-refractivity contribution in [2.45, 2.75) is 77.2 Å². The van der Waals surface area contributed by atoms with Gasteiger partial charge in [-0.25, -0.2) is 0 Å². The Labute approximate surface area is 108 Å². The zero-order valence-corrected chi connectivity index (χ0v) is 11.8. The average Bonchev–Trinajstić information content (AvgIpc) is 2.80. The van der Waals surface area contributed by atoms with Crippen LogP contribution >= 0.6 is 0 Å². The SMILES string of the molecule is CCCCCCCCCCN1CCCC1CN. The molecule has 2 N–H and O–H groups in total. The minimum absolute atomic E-state index is 0.694. The van der Waals surface area contributed by atoms with E-state index in [1.807, 2.05) is 0 Å². The van der Waals surface area contributed by atoms with Crippen LogP contribution in [0.5, 0.6) is 0 Å². The van der Waals surface area contributed by atoms with Crippen LogP contribution in [0.3, 0.4) is 0 Å². The molecule has 0 bridgehead atoms. The number of rotatable bonds is 10. The Morgan fingerprint density at radius 2 is 1.65 bits per heavy atom. The van der Waals surface area contributed by atoms with E-state index < -0.39 is 0 Å². The van der Waals surface area contributed by atoms with Gasteiger partial charge in [0, 0.05) is 12.6 Å². The van der Waals surface area contributed by atoms with Crippen LogP contribution in [-0.4, -0.2) is 30.6 Å². The van der Waals surface area contributed by atoms with Gasteiger partial charge in [0.1, 0.15) is 0 Å². The Balaban J connectivity index is 1.87. The first-order valence-corrected chi connectivity index (χ1v) is 7.82. The number of likely N-dealkylation sites (tertiary alicyclic amines) is 1. The number of nitrogens with two attached hydrogens (primary N) is 1. The van der Waals surface area contributed by atoms with Gasteiger partial charge in [-0.3, -0.25) is 4.90 Å². The molecule has 0 amide bonds. The Morgan fingerprint density at radius 3 is 2.29 bits per heavy atom. The summed E-state index contributed by atoms with van der Waals surface area (Å²) < 4.78 is 0. The molecule has 1 saturated heterocycles. The highest BCUT2D eigenvalue weighted by Gasteiger charge is 2.21. The molecule has 102 valence electrons. The molecule has 0 aromatic heterocycles. The van der Waals surface area contributed by atoms with Crippen LogP contribution in [0.4, 0.5) is 0 Å². The first-order chi connectivity index (χ1) is 8.38. The van der Waals surface area contributed by atoms with Gasteiger partial charge in [0.25, 0.3) is 0 Å². The van der Waals surface area contributed by atoms with Gasteiger partial charge in [-0.05, 0) is 32.4 Å². The summed E-state index contributed by atoms with van der Waals surface area (Å²) in [4.78, 5) is 2.61. The molecule has 0 spiro atoms. The van der Waals surface area contributed by atoms with E-state index in [1.165, 1.54) is 77.3 Å². The van der Waals surface area contributed by atoms with Crippen LogP contribution in [-0.2, 0) is 0 Å². The van der Waals surface area contributed by atoms with Crippen molar-refractivity contribution >= 4 is 0 Å². The van der Waals surface area contributed by atoms with E-state index in [4.69, 9.17) is 5.73 Å². The molecule has 0 aromatic carbocycles. The van der Waals surface area contributed by atoms with Crippen molar-refractivity contribution in [3.8, 4) is 0 Å². The van der Waals surface area contributed by atoms with Gasteiger partial charge in [0.15, 0.2) is 0 Å². The van der Waals surface area contributed by atoms with Gasteiger partial charge in [-0.15, -0.1) is 0 Å². The molecular formula is C15H32N2. The zero-order chi connectivity index (χ0) is 12.3. The molecule has 1 unspecified atom stereocenters. The van der Waals surface area contributed by atoms with Crippen molar-refractivity contribution in [1.82, 2.24) is 4.90 Å². The van der Waals surface area contributed by atoms with E-state index >= 15 is 0 Å². The molecule has 1 aliphatic rings. The lowest BCUT2D eigenvalue weighted by Crippen LogP contribution is -2.35. The average molecular weight is 240 g/mol. The lowest BCUT2D eigenvalue weighted by molar-refractivity contribution is 0.252. The molecule has 1 fully saturated rings. The lowest BCUT2D eigenvalue weighted by Gasteiger charge is -2.22. The Bertz CT molecular complexity index is 170. The number of unbranched alkanes of at least 4 members (excludes halogenated alkanes) is 7. The van der Waals surface area contributed by atoms with Crippen molar-refractivity contribution in [3.63, 3.8) is 0 Å². The molecule has 2 nitrogen and oxygen atoms in total. The van der Waals surface area contributed by atoms with Gasteiger partial charge in [0.05, 0.1) is 0 Å². The summed E-state index contributed by atoms with van der Waals surface area (Å²) in [5, 5.41) is 0. The molecule has 17 heavy (non-hydrogen) atoms. The van der Waals surface area contributed by atoms with Gasteiger partial charge < -0.3 is 5.73 Å². The van der Waals surface area contributed by atoms with Crippen molar-refractivity contribution < 1.29 is 0 Å². The monoisotopic (exact) mass is 240 g/mol. The van der Waals surface area contributed by atoms with Crippen LogP contribution in [0.2, 0.25) is 0 Å². The van der Waals surface area contributed by atoms with E-state index in [0.29, 0.717) is 6.04 Å². The maximum atomic E-state index is 5.78. The highest BCUT2D eigenvalue weighted by molar-refractivity contribution is 4.79. The Kier molecular flexibility index (Phi) is 8.72. The maximum Gasteiger partial charge on any atom is 0.0218 e. The molecule has 1 aliphatic heterocycles. The van der Waals surface area contributed by atoms with Gasteiger partial charge in [-0.1, -0.05) is 51.9 Å². The summed E-state index contributed by atoms with van der Waals surface area (Å²) >= 11 is 0. The first-order valence-electron chi connectivity index (χ1n) is 7.82. The second-order valence-corrected chi connectivity index (χ2v) is 5.54. The van der Waals surface area contributed by atoms with E-state index in [2.05, 4.69) is 11.8 Å². The second kappa shape index (κ2) is 9.90. The highest BCUT2D eigenvalue weighted by Crippen LogP contribution is 2.17. The smallest absolute Gasteiger partial charge is 0.0218 e. The summed E-state index contributed by atoms with van der Waals surface area (Å²) in [6.45, 7) is 5.72. The molecule has 2 heteroatoms. The number of hydrogen-bond donors (Lipinski definition) is 1. The molecular weight excluding hydrogens is 208 g/mol. The van der Waals surface area contributed by atoms with E-state index in [0.717, 1.165) is 6.54 Å². The minimum atomic E-state index is 0.694. The summed E-state index contributed by atoms with van der Waals surface area (Å²) in [5.41, 5.74) is 5.78. The third-order valence-corrected chi connectivity index (χ3v) is 4.07. The van der Waals surface area contributed by atoms with Crippen molar-refractivity contribution in [2.24, 2.45) is 5.73 Å². The van der Waals surface area contributed by atoms with Crippen LogP contribution in [0.15, 0.2) is 0 Å². The Hall–Kier alpha value is -0.0800. The van der Waals surface area contributed by atoms with Gasteiger partial charge in [-0.2, -0.15) is 0 Å². The quantitative estimate of drug-likeness (QED) is 0.592. The highest BCUT2D eigenvalue weighted by atomic mass is 15.2. The van der Waals surface area contributed by atoms with Crippen LogP contribution in [0, 0.1) is 0 Å². The summed E-state index contributed by atoms with van der Waals surface area (Å²) in [7, 11) is 0. The third-order valence-electron chi connectivity index (χ3n) is 4.07. The van der Waals surface area contributed by atoms with Crippen molar-refractivity contribution in [1.29, 1.82) is 0 Å². The van der Waals surface area contributed by atoms with Crippen molar-refractivity contribution in [3.05, 3.63) is 0 Å². The predicted octanol–water partition coefficient (Wildman–Crippen LogP) is 3.55. The fourth-order valence-corrected chi connectivity index (χ4v) is 2.91. The minimum Gasteiger partial charge on any atom is -0.329 e. The van der Waals surface area contributed by atoms with E-state index in [1.54, 1.807) is 0 Å². The van der Waals surface area contributed by atoms with Gasteiger partial charge in [0.2, 0.25) is 0 Å². The van der Waals surface area contributed by atoms with Crippen LogP contribution in [0.1, 0.15) is 71.1 Å². The normalized spacial score (nSPS) is 21.2. The summed E-state index contributed by atoms with van der Waals surface area (Å²) in [5.74, 6) is 0. The molecule has 1 heterocycles. The third kappa shape index (κ3) is 6.42. The topological polar surface area (TPSA) is 29.3 Å². The number of nitrogens with zero attached hydrogens (tertiary/aromatic N) is 1. The predicted molar refractivity (Wildman–Crippen MR) is 76.3 cm³/mol. The fraction of sp³-hybridized carbons (Fsp3) is 1.00. The molecule has 0 aliphatic carbocycles. The van der Waals surface area contributed by atoms with E-state index in [9.17, 15) is 0 Å². The lowest BCUT2D eigenvalue weighted by atomic mass is 10.1. The zero-order valence-electron chi connectivity index (χ0n) is 11.8. The summed E-state index contributed by atoms with van der Waals surface area (Å²) in [6, 6.07) is 0.694. The molecule has 1 rings (SSSR count). The molecule has 0 radical (unpaired) electrons. The van der Waals surface area contributed by atoms with Gasteiger partial charge >= 0.3 is 0 Å². The molecule has 1 atom stereocenters. The first kappa shape index (κ1) is 15.0. The maximum absolute atomic E-state index is 5.78. The Morgan fingerprint density at radius 1 is 1.00 bits per heavy atom. The van der Waals surface area contributed by atoms with Crippen LogP contribution < -0.4 is 5.73 Å². The van der Waals surface area contributed by atoms with E-state index in [-0.39, 0.29) is 0 Å². The summed E-state index contributed by atoms with van der Waals surface area (Å²) in [6.07, 6.45) is 14.0. The fourth-order valence-electron chi connectivity index (χ4n) is 2.91.